The van der Waals surface area contributed by atoms with Crippen LogP contribution in [0.5, 0.6) is 0 Å². The van der Waals surface area contributed by atoms with Crippen molar-refractivity contribution in [2.45, 2.75) is 18.0 Å². The van der Waals surface area contributed by atoms with E-state index in [1.54, 1.807) is 12.1 Å². The number of aliphatic hydroxyl groups is 1. The number of hydrogen-bond donors (Lipinski definition) is 1. The van der Waals surface area contributed by atoms with Crippen molar-refractivity contribution in [1.29, 1.82) is 0 Å². The summed E-state index contributed by atoms with van der Waals surface area (Å²) in [7, 11) is -2.06. The third kappa shape index (κ3) is 4.80. The molecule has 0 bridgehead atoms. The van der Waals surface area contributed by atoms with Crippen molar-refractivity contribution in [3.05, 3.63) is 60.7 Å². The van der Waals surface area contributed by atoms with Gasteiger partial charge in [0.25, 0.3) is 5.60 Å². The maximum absolute atomic E-state index is 13.0. The Balaban J connectivity index is 0.00000312. The van der Waals surface area contributed by atoms with Crippen molar-refractivity contribution in [2.24, 2.45) is 0 Å². The number of benzene rings is 2. The molecule has 0 heterocycles. The van der Waals surface area contributed by atoms with Gasteiger partial charge in [0, 0.05) is 6.16 Å². The summed E-state index contributed by atoms with van der Waals surface area (Å²) >= 11 is 0. The molecule has 0 fully saturated rings. The van der Waals surface area contributed by atoms with Gasteiger partial charge in [0.1, 0.15) is 0 Å². The number of rotatable bonds is 4. The van der Waals surface area contributed by atoms with Crippen molar-refractivity contribution < 1.29 is 31.4 Å². The number of hydrogen-bond acceptors (Lipinski definition) is 1. The second-order valence-electron chi connectivity index (χ2n) is 5.11. The van der Waals surface area contributed by atoms with E-state index in [1.165, 1.54) is 48.5 Å². The van der Waals surface area contributed by atoms with E-state index in [4.69, 9.17) is 0 Å². The first-order valence-electron chi connectivity index (χ1n) is 6.80. The summed E-state index contributed by atoms with van der Waals surface area (Å²) in [5, 5.41) is 10.2. The van der Waals surface area contributed by atoms with Crippen LogP contribution >= 0.6 is 7.92 Å². The fraction of sp³-hybridized carbons (Fsp3) is 0.250. The van der Waals surface area contributed by atoms with E-state index in [-0.39, 0.29) is 18.9 Å². The van der Waals surface area contributed by atoms with Crippen LogP contribution in [-0.2, 0) is 0 Å². The van der Waals surface area contributed by atoms with Crippen LogP contribution in [0.25, 0.3) is 0 Å². The molecule has 132 valence electrons. The summed E-state index contributed by atoms with van der Waals surface area (Å²) in [6.45, 7) is 0. The first kappa shape index (κ1) is 22.0. The van der Waals surface area contributed by atoms with E-state index in [1.807, 2.05) is 0 Å². The van der Waals surface area contributed by atoms with E-state index >= 15 is 0 Å². The molecular formula is C16H14F6LiOP. The predicted octanol–water partition coefficient (Wildman–Crippen LogP) is 3.33. The van der Waals surface area contributed by atoms with Crippen molar-refractivity contribution in [3.8, 4) is 0 Å². The molecule has 0 saturated heterocycles. The molecule has 1 N–H and O–H groups in total. The minimum absolute atomic E-state index is 0. The van der Waals surface area contributed by atoms with Crippen LogP contribution in [0, 0.1) is 0 Å². The van der Waals surface area contributed by atoms with Crippen molar-refractivity contribution in [2.75, 3.05) is 6.16 Å². The van der Waals surface area contributed by atoms with Gasteiger partial charge < -0.3 is 5.11 Å². The molecule has 1 nitrogen and oxygen atoms in total. The molecule has 0 spiro atoms. The summed E-state index contributed by atoms with van der Waals surface area (Å²) in [6, 6.07) is 15.2. The fourth-order valence-corrected chi connectivity index (χ4v) is 4.66. The zero-order valence-corrected chi connectivity index (χ0v) is 13.0. The van der Waals surface area contributed by atoms with Gasteiger partial charge >= 0.3 is 31.2 Å². The molecule has 0 unspecified atom stereocenters. The molecule has 9 heteroatoms. The average Bonchev–Trinajstić information content (AvgIpc) is 2.52. The van der Waals surface area contributed by atoms with Gasteiger partial charge in [-0.3, -0.25) is 0 Å². The van der Waals surface area contributed by atoms with Crippen LogP contribution in [0.15, 0.2) is 60.7 Å². The average molecular weight is 374 g/mol. The zero-order valence-electron chi connectivity index (χ0n) is 12.1. The van der Waals surface area contributed by atoms with Gasteiger partial charge in [-0.2, -0.15) is 26.3 Å². The normalized spacial score (nSPS) is 12.8. The van der Waals surface area contributed by atoms with E-state index in [2.05, 4.69) is 0 Å². The SMILES string of the molecule is OC(CP(c1ccccc1)c1ccccc1)(C(F)(F)F)C(F)(F)F.[LiH]. The van der Waals surface area contributed by atoms with Crippen LogP contribution in [0.2, 0.25) is 0 Å². The second kappa shape index (κ2) is 8.14. The second-order valence-corrected chi connectivity index (χ2v) is 7.32. The van der Waals surface area contributed by atoms with E-state index in [0.29, 0.717) is 10.6 Å². The van der Waals surface area contributed by atoms with E-state index in [9.17, 15) is 31.4 Å². The molecule has 0 aliphatic heterocycles. The Hall–Kier alpha value is -0.993. The minimum atomic E-state index is -5.82. The van der Waals surface area contributed by atoms with Crippen molar-refractivity contribution in [1.82, 2.24) is 0 Å². The summed E-state index contributed by atoms with van der Waals surface area (Å²) in [6.07, 6.45) is -13.1. The molecule has 25 heavy (non-hydrogen) atoms. The van der Waals surface area contributed by atoms with Crippen LogP contribution in [0.3, 0.4) is 0 Å². The zero-order chi connectivity index (χ0) is 18.0. The summed E-state index contributed by atoms with van der Waals surface area (Å²) in [5.74, 6) is 0. The molecule has 0 radical (unpaired) electrons. The Morgan fingerprint density at radius 3 is 1.28 bits per heavy atom. The van der Waals surface area contributed by atoms with Gasteiger partial charge in [0.2, 0.25) is 0 Å². The van der Waals surface area contributed by atoms with Gasteiger partial charge in [-0.25, -0.2) is 0 Å². The first-order chi connectivity index (χ1) is 11.1. The van der Waals surface area contributed by atoms with Gasteiger partial charge in [-0.1, -0.05) is 60.7 Å². The van der Waals surface area contributed by atoms with Crippen LogP contribution in [-0.4, -0.2) is 48.1 Å². The molecule has 0 aliphatic carbocycles. The third-order valence-corrected chi connectivity index (χ3v) is 6.08. The summed E-state index contributed by atoms with van der Waals surface area (Å²) in [4.78, 5) is 0. The maximum atomic E-state index is 13.0. The quantitative estimate of drug-likeness (QED) is 0.495. The summed E-state index contributed by atoms with van der Waals surface area (Å²) in [5.41, 5.74) is -4.77. The topological polar surface area (TPSA) is 20.2 Å². The standard InChI is InChI=1S/C16H13F6OP.Li.H/c17-15(18,19)14(23,16(20,21)22)11-24(12-7-3-1-4-8-12)13-9-5-2-6-10-13;;/h1-10,23H,11H2;;. The number of halogens is 6. The van der Waals surface area contributed by atoms with Crippen LogP contribution < -0.4 is 10.6 Å². The Morgan fingerprint density at radius 1 is 0.680 bits per heavy atom. The van der Waals surface area contributed by atoms with Gasteiger partial charge in [0.15, 0.2) is 0 Å². The van der Waals surface area contributed by atoms with Gasteiger partial charge in [-0.05, 0) is 18.5 Å². The van der Waals surface area contributed by atoms with E-state index in [0.717, 1.165) is 0 Å². The molecular weight excluding hydrogens is 360 g/mol. The van der Waals surface area contributed by atoms with Crippen molar-refractivity contribution >= 4 is 37.4 Å². The van der Waals surface area contributed by atoms with E-state index < -0.39 is 32.0 Å². The van der Waals surface area contributed by atoms with Crippen LogP contribution in [0.1, 0.15) is 0 Å². The van der Waals surface area contributed by atoms with Crippen LogP contribution in [0.4, 0.5) is 26.3 Å². The van der Waals surface area contributed by atoms with Crippen molar-refractivity contribution in [3.63, 3.8) is 0 Å². The molecule has 0 saturated carbocycles. The molecule has 0 atom stereocenters. The number of alkyl halides is 6. The van der Waals surface area contributed by atoms with Gasteiger partial charge in [0.05, 0.1) is 0 Å². The molecule has 2 aromatic rings. The predicted molar refractivity (Wildman–Crippen MR) is 88.1 cm³/mol. The molecule has 0 aromatic heterocycles. The fourth-order valence-electron chi connectivity index (χ4n) is 2.12. The Bertz CT molecular complexity index is 606. The Morgan fingerprint density at radius 2 is 1.00 bits per heavy atom. The molecule has 0 amide bonds. The third-order valence-electron chi connectivity index (χ3n) is 3.46. The Labute approximate surface area is 154 Å². The molecule has 2 aromatic carbocycles. The summed E-state index contributed by atoms with van der Waals surface area (Å²) < 4.78 is 78.2. The first-order valence-corrected chi connectivity index (χ1v) is 8.32. The Kier molecular flexibility index (Phi) is 7.18. The monoisotopic (exact) mass is 374 g/mol. The van der Waals surface area contributed by atoms with Gasteiger partial charge in [-0.15, -0.1) is 0 Å². The molecule has 0 aliphatic rings. The molecule has 2 rings (SSSR count).